The van der Waals surface area contributed by atoms with E-state index in [1.54, 1.807) is 11.9 Å². The van der Waals surface area contributed by atoms with Crippen LogP contribution in [0.4, 0.5) is 0 Å². The van der Waals surface area contributed by atoms with E-state index in [9.17, 15) is 9.59 Å². The number of hydrogen-bond donors (Lipinski definition) is 2. The lowest BCUT2D eigenvalue weighted by Crippen LogP contribution is -2.41. The van der Waals surface area contributed by atoms with E-state index in [-0.39, 0.29) is 24.9 Å². The first-order valence-electron chi connectivity index (χ1n) is 7.79. The van der Waals surface area contributed by atoms with E-state index >= 15 is 0 Å². The Labute approximate surface area is 133 Å². The van der Waals surface area contributed by atoms with Crippen molar-refractivity contribution in [1.29, 1.82) is 0 Å². The summed E-state index contributed by atoms with van der Waals surface area (Å²) in [5.41, 5.74) is 2.48. The first kappa shape index (κ1) is 18.2. The van der Waals surface area contributed by atoms with Gasteiger partial charge >= 0.3 is 0 Å². The Morgan fingerprint density at radius 3 is 2.23 bits per heavy atom. The number of benzene rings is 1. The van der Waals surface area contributed by atoms with Gasteiger partial charge in [-0.2, -0.15) is 0 Å². The number of carbonyl (C=O) groups excluding carboxylic acids is 2. The van der Waals surface area contributed by atoms with Gasteiger partial charge in [0.15, 0.2) is 0 Å². The molecule has 0 spiro atoms. The monoisotopic (exact) mass is 305 g/mol. The van der Waals surface area contributed by atoms with Crippen molar-refractivity contribution in [3.05, 3.63) is 35.4 Å². The molecule has 2 amide bonds. The Kier molecular flexibility index (Phi) is 8.22. The predicted molar refractivity (Wildman–Crippen MR) is 88.7 cm³/mol. The summed E-state index contributed by atoms with van der Waals surface area (Å²) in [6.07, 6.45) is 1.73. The van der Waals surface area contributed by atoms with Gasteiger partial charge in [-0.1, -0.05) is 31.2 Å². The summed E-state index contributed by atoms with van der Waals surface area (Å²) in [5.74, 6) is -0.101. The highest BCUT2D eigenvalue weighted by Gasteiger charge is 2.10. The maximum absolute atomic E-state index is 11.8. The molecule has 1 aromatic carbocycles. The average molecular weight is 305 g/mol. The van der Waals surface area contributed by atoms with Crippen LogP contribution in [-0.2, 0) is 16.0 Å². The van der Waals surface area contributed by atoms with Gasteiger partial charge in [-0.3, -0.25) is 14.5 Å². The number of nitrogens with one attached hydrogen (secondary N) is 2. The summed E-state index contributed by atoms with van der Waals surface area (Å²) in [7, 11) is 1.77. The number of rotatable bonds is 9. The third kappa shape index (κ3) is 7.22. The molecule has 0 radical (unpaired) electrons. The molecule has 1 rings (SSSR count). The smallest absolute Gasteiger partial charge is 0.234 e. The minimum atomic E-state index is -0.0561. The van der Waals surface area contributed by atoms with Crippen molar-refractivity contribution in [2.75, 3.05) is 33.2 Å². The Hall–Kier alpha value is -1.88. The normalized spacial score (nSPS) is 10.5. The molecule has 0 bridgehead atoms. The van der Waals surface area contributed by atoms with Crippen molar-refractivity contribution in [2.45, 2.75) is 26.7 Å². The van der Waals surface area contributed by atoms with Crippen LogP contribution in [0.25, 0.3) is 0 Å². The van der Waals surface area contributed by atoms with Gasteiger partial charge < -0.3 is 10.6 Å². The molecular weight excluding hydrogens is 278 g/mol. The van der Waals surface area contributed by atoms with Gasteiger partial charge in [-0.05, 0) is 37.9 Å². The summed E-state index contributed by atoms with van der Waals surface area (Å²) in [5, 5.41) is 5.69. The van der Waals surface area contributed by atoms with E-state index in [1.165, 1.54) is 11.1 Å². The van der Waals surface area contributed by atoms with E-state index in [1.807, 2.05) is 19.1 Å². The summed E-state index contributed by atoms with van der Waals surface area (Å²) >= 11 is 0. The van der Waals surface area contributed by atoms with E-state index in [2.05, 4.69) is 29.7 Å². The highest BCUT2D eigenvalue weighted by Crippen LogP contribution is 2.06. The van der Waals surface area contributed by atoms with Crippen LogP contribution in [0.5, 0.6) is 0 Å². The van der Waals surface area contributed by atoms with Gasteiger partial charge in [0.05, 0.1) is 13.1 Å². The molecule has 0 unspecified atom stereocenters. The topological polar surface area (TPSA) is 61.4 Å². The van der Waals surface area contributed by atoms with Gasteiger partial charge in [0, 0.05) is 13.1 Å². The van der Waals surface area contributed by atoms with Gasteiger partial charge in [0.25, 0.3) is 0 Å². The zero-order valence-corrected chi connectivity index (χ0v) is 13.8. The predicted octanol–water partition coefficient (Wildman–Crippen LogP) is 1.11. The number of nitrogens with zero attached hydrogens (tertiary/aromatic N) is 1. The van der Waals surface area contributed by atoms with Crippen LogP contribution < -0.4 is 10.6 Å². The minimum Gasteiger partial charge on any atom is -0.355 e. The SMILES string of the molecule is CCCNC(=O)CN(C)CC(=O)NCCc1ccccc1C. The minimum absolute atomic E-state index is 0.0444. The van der Waals surface area contributed by atoms with Gasteiger partial charge in [0.2, 0.25) is 11.8 Å². The van der Waals surface area contributed by atoms with Crippen molar-refractivity contribution in [3.63, 3.8) is 0 Å². The van der Waals surface area contributed by atoms with Crippen molar-refractivity contribution in [3.8, 4) is 0 Å². The molecule has 0 saturated carbocycles. The molecule has 0 aliphatic heterocycles. The number of carbonyl (C=O) groups is 2. The molecule has 0 aliphatic rings. The average Bonchev–Trinajstić information content (AvgIpc) is 2.47. The van der Waals surface area contributed by atoms with Gasteiger partial charge in [-0.25, -0.2) is 0 Å². The van der Waals surface area contributed by atoms with Crippen LogP contribution >= 0.6 is 0 Å². The largest absolute Gasteiger partial charge is 0.355 e. The number of aryl methyl sites for hydroxylation is 1. The highest BCUT2D eigenvalue weighted by molar-refractivity contribution is 5.81. The molecule has 122 valence electrons. The zero-order valence-electron chi connectivity index (χ0n) is 13.8. The second-order valence-electron chi connectivity index (χ2n) is 5.55. The van der Waals surface area contributed by atoms with Crippen molar-refractivity contribution in [1.82, 2.24) is 15.5 Å². The second kappa shape index (κ2) is 9.95. The van der Waals surface area contributed by atoms with Crippen LogP contribution in [0, 0.1) is 6.92 Å². The summed E-state index contributed by atoms with van der Waals surface area (Å²) < 4.78 is 0. The first-order valence-corrected chi connectivity index (χ1v) is 7.79. The fourth-order valence-corrected chi connectivity index (χ4v) is 2.15. The van der Waals surface area contributed by atoms with Crippen LogP contribution in [0.15, 0.2) is 24.3 Å². The van der Waals surface area contributed by atoms with Crippen molar-refractivity contribution in [2.24, 2.45) is 0 Å². The number of hydrogen-bond acceptors (Lipinski definition) is 3. The quantitative estimate of drug-likeness (QED) is 0.718. The van der Waals surface area contributed by atoms with Crippen molar-refractivity contribution < 1.29 is 9.59 Å². The van der Waals surface area contributed by atoms with Crippen LogP contribution in [0.3, 0.4) is 0 Å². The highest BCUT2D eigenvalue weighted by atomic mass is 16.2. The maximum atomic E-state index is 11.8. The number of amides is 2. The fraction of sp³-hybridized carbons (Fsp3) is 0.529. The Bertz CT molecular complexity index is 489. The molecule has 0 heterocycles. The standard InChI is InChI=1S/C17H27N3O2/c1-4-10-18-16(21)12-20(3)13-17(22)19-11-9-15-8-6-5-7-14(15)2/h5-8H,4,9-13H2,1-3H3,(H,18,21)(H,19,22). The molecule has 5 heteroatoms. The molecule has 0 aliphatic carbocycles. The molecule has 1 aromatic rings. The van der Waals surface area contributed by atoms with Crippen LogP contribution in [0.1, 0.15) is 24.5 Å². The van der Waals surface area contributed by atoms with Crippen LogP contribution in [-0.4, -0.2) is 49.9 Å². The van der Waals surface area contributed by atoms with E-state index < -0.39 is 0 Å². The fourth-order valence-electron chi connectivity index (χ4n) is 2.15. The Morgan fingerprint density at radius 1 is 1.05 bits per heavy atom. The zero-order chi connectivity index (χ0) is 16.4. The third-order valence-electron chi connectivity index (χ3n) is 3.38. The maximum Gasteiger partial charge on any atom is 0.234 e. The molecular formula is C17H27N3O2. The molecule has 2 N–H and O–H groups in total. The first-order chi connectivity index (χ1) is 10.5. The lowest BCUT2D eigenvalue weighted by molar-refractivity contribution is -0.124. The molecule has 5 nitrogen and oxygen atoms in total. The summed E-state index contributed by atoms with van der Waals surface area (Å²) in [6.45, 7) is 5.83. The van der Waals surface area contributed by atoms with E-state index in [4.69, 9.17) is 0 Å². The third-order valence-corrected chi connectivity index (χ3v) is 3.38. The molecule has 22 heavy (non-hydrogen) atoms. The van der Waals surface area contributed by atoms with Crippen molar-refractivity contribution >= 4 is 11.8 Å². The molecule has 0 saturated heterocycles. The molecule has 0 fully saturated rings. The summed E-state index contributed by atoms with van der Waals surface area (Å²) in [6, 6.07) is 8.16. The lowest BCUT2D eigenvalue weighted by Gasteiger charge is -2.16. The lowest BCUT2D eigenvalue weighted by atomic mass is 10.1. The number of likely N-dealkylation sites (N-methyl/N-ethyl adjacent to an activating group) is 1. The van der Waals surface area contributed by atoms with Crippen LogP contribution in [0.2, 0.25) is 0 Å². The molecule has 0 atom stereocenters. The Morgan fingerprint density at radius 2 is 1.64 bits per heavy atom. The molecule has 0 aromatic heterocycles. The van der Waals surface area contributed by atoms with Gasteiger partial charge in [0.1, 0.15) is 0 Å². The Balaban J connectivity index is 2.23. The van der Waals surface area contributed by atoms with E-state index in [0.29, 0.717) is 13.1 Å². The second-order valence-corrected chi connectivity index (χ2v) is 5.55. The van der Waals surface area contributed by atoms with E-state index in [0.717, 1.165) is 12.8 Å². The summed E-state index contributed by atoms with van der Waals surface area (Å²) in [4.78, 5) is 25.1. The van der Waals surface area contributed by atoms with Gasteiger partial charge in [-0.15, -0.1) is 0 Å².